The van der Waals surface area contributed by atoms with Crippen LogP contribution in [0.25, 0.3) is 0 Å². The first-order chi connectivity index (χ1) is 12.2. The van der Waals surface area contributed by atoms with Crippen molar-refractivity contribution in [2.75, 3.05) is 12.8 Å². The number of methoxy groups -OCH3 is 1. The monoisotopic (exact) mass is 330 g/mol. The molecule has 4 nitrogen and oxygen atoms in total. The van der Waals surface area contributed by atoms with Gasteiger partial charge in [-0.2, -0.15) is 5.26 Å². The summed E-state index contributed by atoms with van der Waals surface area (Å²) in [6.45, 7) is 0. The second-order valence-corrected chi connectivity index (χ2v) is 5.65. The average Bonchev–Trinajstić information content (AvgIpc) is 2.64. The molecule has 4 heteroatoms. The van der Waals surface area contributed by atoms with Gasteiger partial charge in [-0.25, -0.2) is 0 Å². The van der Waals surface area contributed by atoms with Crippen LogP contribution in [0.5, 0.6) is 17.2 Å². The lowest BCUT2D eigenvalue weighted by Gasteiger charge is -2.12. The highest BCUT2D eigenvalue weighted by atomic mass is 16.5. The fourth-order valence-corrected chi connectivity index (χ4v) is 2.54. The summed E-state index contributed by atoms with van der Waals surface area (Å²) in [6.07, 6.45) is 0.763. The molecule has 0 atom stereocenters. The zero-order chi connectivity index (χ0) is 17.6. The van der Waals surface area contributed by atoms with Gasteiger partial charge in [-0.3, -0.25) is 0 Å². The number of ether oxygens (including phenoxy) is 2. The van der Waals surface area contributed by atoms with Gasteiger partial charge in [0.05, 0.1) is 18.7 Å². The van der Waals surface area contributed by atoms with Crippen molar-refractivity contribution in [3.63, 3.8) is 0 Å². The van der Waals surface area contributed by atoms with Gasteiger partial charge in [-0.15, -0.1) is 0 Å². The summed E-state index contributed by atoms with van der Waals surface area (Å²) in [5, 5.41) is 9.02. The largest absolute Gasteiger partial charge is 0.493 e. The van der Waals surface area contributed by atoms with Crippen LogP contribution in [-0.4, -0.2) is 7.11 Å². The van der Waals surface area contributed by atoms with Gasteiger partial charge in [0.15, 0.2) is 11.5 Å². The van der Waals surface area contributed by atoms with Gasteiger partial charge < -0.3 is 15.2 Å². The highest BCUT2D eigenvalue weighted by molar-refractivity contribution is 5.48. The molecule has 0 saturated carbocycles. The van der Waals surface area contributed by atoms with Crippen molar-refractivity contribution < 1.29 is 9.47 Å². The molecule has 0 saturated heterocycles. The molecule has 0 aliphatic rings. The van der Waals surface area contributed by atoms with Gasteiger partial charge in [0.2, 0.25) is 0 Å². The maximum absolute atomic E-state index is 9.02. The Kier molecular flexibility index (Phi) is 4.87. The number of benzene rings is 3. The number of rotatable bonds is 5. The van der Waals surface area contributed by atoms with E-state index in [1.54, 1.807) is 25.3 Å². The standard InChI is InChI=1S/C21H18N2O2/c1-24-20-10-7-16(11-15-5-8-18(23)9-6-15)13-21(20)25-19-4-2-3-17(12-19)14-22/h2-10,12-13H,11,23H2,1H3. The number of hydrogen-bond acceptors (Lipinski definition) is 4. The lowest BCUT2D eigenvalue weighted by atomic mass is 10.0. The van der Waals surface area contributed by atoms with Crippen LogP contribution in [0.2, 0.25) is 0 Å². The summed E-state index contributed by atoms with van der Waals surface area (Å²) >= 11 is 0. The summed E-state index contributed by atoms with van der Waals surface area (Å²) in [6, 6.07) is 22.8. The van der Waals surface area contributed by atoms with Gasteiger partial charge in [-0.05, 0) is 60.0 Å². The fourth-order valence-electron chi connectivity index (χ4n) is 2.54. The molecule has 0 spiro atoms. The molecule has 3 aromatic carbocycles. The van der Waals surface area contributed by atoms with Crippen LogP contribution < -0.4 is 15.2 Å². The van der Waals surface area contributed by atoms with Crippen molar-refractivity contribution in [1.82, 2.24) is 0 Å². The fraction of sp³-hybridized carbons (Fsp3) is 0.0952. The van der Waals surface area contributed by atoms with E-state index in [9.17, 15) is 0 Å². The smallest absolute Gasteiger partial charge is 0.169 e. The molecule has 3 rings (SSSR count). The highest BCUT2D eigenvalue weighted by Gasteiger charge is 2.08. The molecule has 0 bridgehead atoms. The molecule has 0 radical (unpaired) electrons. The maximum atomic E-state index is 9.02. The quantitative estimate of drug-likeness (QED) is 0.698. The van der Waals surface area contributed by atoms with E-state index < -0.39 is 0 Å². The molecular formula is C21H18N2O2. The molecule has 3 aromatic rings. The molecule has 0 aromatic heterocycles. The number of nitriles is 1. The second-order valence-electron chi connectivity index (χ2n) is 5.65. The molecular weight excluding hydrogens is 312 g/mol. The van der Waals surface area contributed by atoms with Crippen molar-refractivity contribution in [2.24, 2.45) is 0 Å². The number of anilines is 1. The Balaban J connectivity index is 1.87. The predicted molar refractivity (Wildman–Crippen MR) is 97.9 cm³/mol. The van der Waals surface area contributed by atoms with Crippen molar-refractivity contribution >= 4 is 5.69 Å². The van der Waals surface area contributed by atoms with Crippen LogP contribution in [0.15, 0.2) is 66.7 Å². The number of hydrogen-bond donors (Lipinski definition) is 1. The van der Waals surface area contributed by atoms with Crippen molar-refractivity contribution in [3.05, 3.63) is 83.4 Å². The molecule has 0 aliphatic heterocycles. The minimum absolute atomic E-state index is 0.550. The molecule has 0 amide bonds. The third kappa shape index (κ3) is 4.10. The van der Waals surface area contributed by atoms with Crippen LogP contribution in [0, 0.1) is 11.3 Å². The van der Waals surface area contributed by atoms with Gasteiger partial charge in [-0.1, -0.05) is 24.3 Å². The lowest BCUT2D eigenvalue weighted by molar-refractivity contribution is 0.378. The molecule has 124 valence electrons. The summed E-state index contributed by atoms with van der Waals surface area (Å²) in [7, 11) is 1.60. The van der Waals surface area contributed by atoms with Crippen LogP contribution in [-0.2, 0) is 6.42 Å². The van der Waals surface area contributed by atoms with Gasteiger partial charge in [0.1, 0.15) is 5.75 Å². The Morgan fingerprint density at radius 2 is 1.68 bits per heavy atom. The zero-order valence-electron chi connectivity index (χ0n) is 13.9. The predicted octanol–water partition coefficient (Wildman–Crippen LogP) is 4.53. The van der Waals surface area contributed by atoms with Crippen LogP contribution in [0.4, 0.5) is 5.69 Å². The maximum Gasteiger partial charge on any atom is 0.169 e. The first kappa shape index (κ1) is 16.4. The van der Waals surface area contributed by atoms with Gasteiger partial charge in [0, 0.05) is 5.69 Å². The Morgan fingerprint density at radius 1 is 0.920 bits per heavy atom. The molecule has 0 unspecified atom stereocenters. The number of nitrogens with zero attached hydrogens (tertiary/aromatic N) is 1. The molecule has 25 heavy (non-hydrogen) atoms. The molecule has 0 fully saturated rings. The molecule has 0 aliphatic carbocycles. The van der Waals surface area contributed by atoms with E-state index in [2.05, 4.69) is 6.07 Å². The van der Waals surface area contributed by atoms with E-state index in [1.807, 2.05) is 48.5 Å². The third-order valence-electron chi connectivity index (χ3n) is 3.81. The second kappa shape index (κ2) is 7.41. The van der Waals surface area contributed by atoms with E-state index in [4.69, 9.17) is 20.5 Å². The minimum atomic E-state index is 0.550. The first-order valence-corrected chi connectivity index (χ1v) is 7.87. The van der Waals surface area contributed by atoms with Crippen molar-refractivity contribution in [2.45, 2.75) is 6.42 Å². The Hall–Kier alpha value is -3.45. The summed E-state index contributed by atoms with van der Waals surface area (Å²) < 4.78 is 11.3. The van der Waals surface area contributed by atoms with E-state index in [-0.39, 0.29) is 0 Å². The molecule has 2 N–H and O–H groups in total. The zero-order valence-corrected chi connectivity index (χ0v) is 13.9. The van der Waals surface area contributed by atoms with Crippen molar-refractivity contribution in [1.29, 1.82) is 5.26 Å². The van der Waals surface area contributed by atoms with Gasteiger partial charge in [0.25, 0.3) is 0 Å². The number of nitrogen functional groups attached to an aromatic ring is 1. The van der Waals surface area contributed by atoms with E-state index >= 15 is 0 Å². The third-order valence-corrected chi connectivity index (χ3v) is 3.81. The molecule has 0 heterocycles. The van der Waals surface area contributed by atoms with E-state index in [1.165, 1.54) is 0 Å². The Morgan fingerprint density at radius 3 is 2.40 bits per heavy atom. The summed E-state index contributed by atoms with van der Waals surface area (Å²) in [5.74, 6) is 1.86. The summed E-state index contributed by atoms with van der Waals surface area (Å²) in [4.78, 5) is 0. The van der Waals surface area contributed by atoms with Gasteiger partial charge >= 0.3 is 0 Å². The van der Waals surface area contributed by atoms with Crippen LogP contribution >= 0.6 is 0 Å². The first-order valence-electron chi connectivity index (χ1n) is 7.87. The van der Waals surface area contributed by atoms with Crippen LogP contribution in [0.3, 0.4) is 0 Å². The van der Waals surface area contributed by atoms with Crippen molar-refractivity contribution in [3.8, 4) is 23.3 Å². The Bertz CT molecular complexity index is 912. The minimum Gasteiger partial charge on any atom is -0.493 e. The van der Waals surface area contributed by atoms with E-state index in [0.717, 1.165) is 23.2 Å². The lowest BCUT2D eigenvalue weighted by Crippen LogP contribution is -1.94. The van der Waals surface area contributed by atoms with E-state index in [0.29, 0.717) is 22.8 Å². The summed E-state index contributed by atoms with van der Waals surface area (Å²) in [5.41, 5.74) is 9.29. The highest BCUT2D eigenvalue weighted by Crippen LogP contribution is 2.33. The Labute approximate surface area is 147 Å². The number of nitrogens with two attached hydrogens (primary N) is 1. The SMILES string of the molecule is COc1ccc(Cc2ccc(N)cc2)cc1Oc1cccc(C#N)c1. The van der Waals surface area contributed by atoms with Crippen LogP contribution in [0.1, 0.15) is 16.7 Å². The normalized spacial score (nSPS) is 10.1. The topological polar surface area (TPSA) is 68.3 Å². The average molecular weight is 330 g/mol.